The van der Waals surface area contributed by atoms with Crippen LogP contribution in [0.1, 0.15) is 58.9 Å². The van der Waals surface area contributed by atoms with Gasteiger partial charge >= 0.3 is 0 Å². The summed E-state index contributed by atoms with van der Waals surface area (Å²) < 4.78 is 3.92. The first kappa shape index (κ1) is 15.6. The number of hydrogen-bond donors (Lipinski definition) is 2. The van der Waals surface area contributed by atoms with Crippen LogP contribution >= 0.6 is 22.9 Å². The summed E-state index contributed by atoms with van der Waals surface area (Å²) in [5.41, 5.74) is 0.751. The van der Waals surface area contributed by atoms with Crippen molar-refractivity contribution in [2.75, 3.05) is 0 Å². The molecule has 0 radical (unpaired) electrons. The van der Waals surface area contributed by atoms with Crippen molar-refractivity contribution < 1.29 is 9.90 Å². The van der Waals surface area contributed by atoms with Gasteiger partial charge in [-0.3, -0.25) is 4.79 Å². The van der Waals surface area contributed by atoms with Crippen molar-refractivity contribution in [3.8, 4) is 0 Å². The number of amides is 1. The molecule has 0 spiro atoms. The third-order valence-electron chi connectivity index (χ3n) is 4.02. The van der Waals surface area contributed by atoms with Gasteiger partial charge < -0.3 is 10.4 Å². The van der Waals surface area contributed by atoms with Crippen molar-refractivity contribution in [1.82, 2.24) is 14.9 Å². The number of carbonyl (C=O) groups excluding carboxylic acids is 1. The van der Waals surface area contributed by atoms with Crippen LogP contribution in [0.3, 0.4) is 0 Å². The maximum absolute atomic E-state index is 12.6. The number of aliphatic hydroxyl groups is 1. The third kappa shape index (κ3) is 3.06. The highest BCUT2D eigenvalue weighted by Crippen LogP contribution is 2.39. The molecule has 7 heteroatoms. The van der Waals surface area contributed by atoms with Crippen LogP contribution in [0.2, 0.25) is 0 Å². The van der Waals surface area contributed by atoms with Gasteiger partial charge in [0.15, 0.2) is 0 Å². The fraction of sp³-hybridized carbons (Fsp3) is 0.533. The topological polar surface area (TPSA) is 75.1 Å². The molecule has 5 nitrogen and oxygen atoms in total. The zero-order valence-corrected chi connectivity index (χ0v) is 14.2. The third-order valence-corrected chi connectivity index (χ3v) is 5.72. The lowest BCUT2D eigenvalue weighted by atomic mass is 9.76. The van der Waals surface area contributed by atoms with Crippen LogP contribution in [0.25, 0.3) is 0 Å². The Morgan fingerprint density at radius 3 is 2.82 bits per heavy atom. The summed E-state index contributed by atoms with van der Waals surface area (Å²) in [5, 5.41) is 18.8. The van der Waals surface area contributed by atoms with Gasteiger partial charge in [0.25, 0.3) is 5.91 Å². The van der Waals surface area contributed by atoms with Crippen molar-refractivity contribution >= 4 is 28.8 Å². The van der Waals surface area contributed by atoms with Crippen molar-refractivity contribution in [2.24, 2.45) is 5.92 Å². The molecule has 1 aliphatic rings. The van der Waals surface area contributed by atoms with Crippen molar-refractivity contribution in [3.63, 3.8) is 0 Å². The predicted molar refractivity (Wildman–Crippen MR) is 87.3 cm³/mol. The van der Waals surface area contributed by atoms with Gasteiger partial charge in [-0.1, -0.05) is 24.4 Å². The second kappa shape index (κ2) is 6.44. The summed E-state index contributed by atoms with van der Waals surface area (Å²) in [7, 11) is 0. The molecule has 0 aliphatic heterocycles. The van der Waals surface area contributed by atoms with E-state index in [1.54, 1.807) is 11.3 Å². The Bertz CT molecular complexity index is 633. The number of nitrogens with one attached hydrogen (secondary N) is 1. The molecular formula is C15H19N3O2S2. The number of thiophene rings is 1. The maximum Gasteiger partial charge on any atom is 0.265 e. The van der Waals surface area contributed by atoms with Crippen LogP contribution in [0.5, 0.6) is 0 Å². The molecule has 2 N–H and O–H groups in total. The molecule has 1 amide bonds. The smallest absolute Gasteiger partial charge is 0.265 e. The van der Waals surface area contributed by atoms with Gasteiger partial charge in [0.1, 0.15) is 4.88 Å². The SMILES string of the molecule is CC(C)c1nnsc1C(=O)N[C@@H](c1cccs1)C1CC(O)C1. The summed E-state index contributed by atoms with van der Waals surface area (Å²) >= 11 is 2.78. The van der Waals surface area contributed by atoms with E-state index in [4.69, 9.17) is 0 Å². The molecule has 2 aromatic heterocycles. The molecule has 0 bridgehead atoms. The number of carbonyl (C=O) groups is 1. The maximum atomic E-state index is 12.6. The number of nitrogens with zero attached hydrogens (tertiary/aromatic N) is 2. The number of hydrogen-bond acceptors (Lipinski definition) is 6. The number of aromatic nitrogens is 2. The van der Waals surface area contributed by atoms with E-state index < -0.39 is 0 Å². The van der Waals surface area contributed by atoms with Gasteiger partial charge in [0, 0.05) is 4.88 Å². The Hall–Kier alpha value is -1.31. The second-order valence-corrected chi connectivity index (χ2v) is 7.73. The largest absolute Gasteiger partial charge is 0.393 e. The monoisotopic (exact) mass is 337 g/mol. The zero-order chi connectivity index (χ0) is 15.7. The van der Waals surface area contributed by atoms with Crippen LogP contribution in [-0.2, 0) is 0 Å². The van der Waals surface area contributed by atoms with Crippen molar-refractivity contribution in [2.45, 2.75) is 44.8 Å². The molecule has 1 saturated carbocycles. The molecule has 2 heterocycles. The highest BCUT2D eigenvalue weighted by Gasteiger charge is 2.36. The average Bonchev–Trinajstić information content (AvgIpc) is 3.11. The first-order chi connectivity index (χ1) is 10.6. The Labute approximate surface area is 137 Å². The second-order valence-electron chi connectivity index (χ2n) is 5.99. The van der Waals surface area contributed by atoms with E-state index in [2.05, 4.69) is 14.9 Å². The summed E-state index contributed by atoms with van der Waals surface area (Å²) in [6.45, 7) is 4.01. The van der Waals surface area contributed by atoms with Crippen LogP contribution in [0.4, 0.5) is 0 Å². The molecule has 0 unspecified atom stereocenters. The molecule has 118 valence electrons. The minimum Gasteiger partial charge on any atom is -0.393 e. The van der Waals surface area contributed by atoms with E-state index in [0.29, 0.717) is 10.8 Å². The molecule has 0 aromatic carbocycles. The molecule has 0 saturated heterocycles. The minimum atomic E-state index is -0.235. The van der Waals surface area contributed by atoms with Crippen molar-refractivity contribution in [1.29, 1.82) is 0 Å². The van der Waals surface area contributed by atoms with Crippen LogP contribution < -0.4 is 5.32 Å². The van der Waals surface area contributed by atoms with E-state index in [9.17, 15) is 9.90 Å². The van der Waals surface area contributed by atoms with Crippen LogP contribution in [0, 0.1) is 5.92 Å². The van der Waals surface area contributed by atoms with Crippen molar-refractivity contribution in [3.05, 3.63) is 33.0 Å². The molecule has 1 aliphatic carbocycles. The fourth-order valence-electron chi connectivity index (χ4n) is 2.73. The van der Waals surface area contributed by atoms with E-state index in [1.807, 2.05) is 31.4 Å². The summed E-state index contributed by atoms with van der Waals surface area (Å²) in [5.74, 6) is 0.352. The van der Waals surface area contributed by atoms with E-state index >= 15 is 0 Å². The molecule has 3 rings (SSSR count). The average molecular weight is 337 g/mol. The van der Waals surface area contributed by atoms with Crippen LogP contribution in [0.15, 0.2) is 17.5 Å². The summed E-state index contributed by atoms with van der Waals surface area (Å²) in [6.07, 6.45) is 1.24. The normalized spacial score (nSPS) is 22.4. The lowest BCUT2D eigenvalue weighted by molar-refractivity contribution is 0.0241. The van der Waals surface area contributed by atoms with Gasteiger partial charge in [-0.2, -0.15) is 0 Å². The first-order valence-electron chi connectivity index (χ1n) is 7.40. The Morgan fingerprint density at radius 2 is 2.23 bits per heavy atom. The Morgan fingerprint density at radius 1 is 1.45 bits per heavy atom. The summed E-state index contributed by atoms with van der Waals surface area (Å²) in [6, 6.07) is 3.98. The lowest BCUT2D eigenvalue weighted by Crippen LogP contribution is -2.41. The van der Waals surface area contributed by atoms with Gasteiger partial charge in [-0.25, -0.2) is 0 Å². The highest BCUT2D eigenvalue weighted by molar-refractivity contribution is 7.10. The zero-order valence-electron chi connectivity index (χ0n) is 12.5. The predicted octanol–water partition coefficient (Wildman–Crippen LogP) is 2.97. The van der Waals surface area contributed by atoms with Gasteiger partial charge in [-0.05, 0) is 47.7 Å². The minimum absolute atomic E-state index is 0.0435. The van der Waals surface area contributed by atoms with Gasteiger partial charge in [-0.15, -0.1) is 16.4 Å². The first-order valence-corrected chi connectivity index (χ1v) is 9.06. The molecular weight excluding hydrogens is 318 g/mol. The number of rotatable bonds is 5. The molecule has 2 aromatic rings. The summed E-state index contributed by atoms with van der Waals surface area (Å²) in [4.78, 5) is 14.4. The van der Waals surface area contributed by atoms with E-state index in [-0.39, 0.29) is 24.0 Å². The van der Waals surface area contributed by atoms with Gasteiger partial charge in [0.2, 0.25) is 0 Å². The van der Waals surface area contributed by atoms with Gasteiger partial charge in [0.05, 0.1) is 17.8 Å². The lowest BCUT2D eigenvalue weighted by Gasteiger charge is -2.37. The molecule has 1 fully saturated rings. The Kier molecular flexibility index (Phi) is 4.56. The van der Waals surface area contributed by atoms with E-state index in [0.717, 1.165) is 34.9 Å². The number of aliphatic hydroxyl groups excluding tert-OH is 1. The standard InChI is InChI=1S/C15H19N3O2S2/c1-8(2)12-14(22-18-17-12)15(20)16-13(9-6-10(19)7-9)11-4-3-5-21-11/h3-5,8-10,13,19H,6-7H2,1-2H3,(H,16,20)/t9?,10?,13-/m1/s1. The fourth-order valence-corrected chi connectivity index (χ4v) is 4.32. The van der Waals surface area contributed by atoms with Crippen LogP contribution in [-0.4, -0.2) is 26.7 Å². The molecule has 22 heavy (non-hydrogen) atoms. The molecule has 1 atom stereocenters. The Balaban J connectivity index is 1.78. The van der Waals surface area contributed by atoms with E-state index in [1.165, 1.54) is 0 Å². The highest BCUT2D eigenvalue weighted by atomic mass is 32.1. The quantitative estimate of drug-likeness (QED) is 0.879.